The Morgan fingerprint density at radius 2 is 2.00 bits per heavy atom. The van der Waals surface area contributed by atoms with Crippen LogP contribution >= 0.6 is 23.6 Å². The van der Waals surface area contributed by atoms with E-state index in [1.165, 1.54) is 36.1 Å². The second-order valence-corrected chi connectivity index (χ2v) is 8.71. The Labute approximate surface area is 159 Å². The number of aryl methyl sites for hydroxylation is 1. The molecule has 3 nitrogen and oxygen atoms in total. The van der Waals surface area contributed by atoms with Crippen LogP contribution < -0.4 is 10.6 Å². The average molecular weight is 372 g/mol. The van der Waals surface area contributed by atoms with Crippen molar-refractivity contribution in [2.75, 3.05) is 5.32 Å². The predicted molar refractivity (Wildman–Crippen MR) is 110 cm³/mol. The summed E-state index contributed by atoms with van der Waals surface area (Å²) in [6, 6.07) is 14.6. The molecule has 2 saturated heterocycles. The number of thiophene rings is 1. The zero-order chi connectivity index (χ0) is 17.2. The highest BCUT2D eigenvalue weighted by atomic mass is 32.1. The second-order valence-electron chi connectivity index (χ2n) is 7.27. The quantitative estimate of drug-likeness (QED) is 0.772. The molecule has 2 bridgehead atoms. The SMILES string of the molecule is Cc1cccc(NC(=S)NC2CC3CCC(C2)N3Cc2cccs2)c1. The van der Waals surface area contributed by atoms with Crippen LogP contribution in [-0.2, 0) is 6.54 Å². The van der Waals surface area contributed by atoms with Crippen LogP contribution in [0.5, 0.6) is 0 Å². The fourth-order valence-corrected chi connectivity index (χ4v) is 5.31. The van der Waals surface area contributed by atoms with Gasteiger partial charge in [-0.25, -0.2) is 0 Å². The molecule has 2 aliphatic rings. The number of hydrogen-bond acceptors (Lipinski definition) is 3. The maximum atomic E-state index is 5.55. The van der Waals surface area contributed by atoms with E-state index in [0.717, 1.165) is 17.3 Å². The van der Waals surface area contributed by atoms with Crippen molar-refractivity contribution in [1.29, 1.82) is 0 Å². The van der Waals surface area contributed by atoms with Gasteiger partial charge in [0, 0.05) is 35.2 Å². The van der Waals surface area contributed by atoms with Crippen molar-refractivity contribution in [3.8, 4) is 0 Å². The van der Waals surface area contributed by atoms with Gasteiger partial charge in [0.25, 0.3) is 0 Å². The molecule has 132 valence electrons. The molecule has 5 heteroatoms. The van der Waals surface area contributed by atoms with Crippen LogP contribution in [0.15, 0.2) is 41.8 Å². The van der Waals surface area contributed by atoms with E-state index in [0.29, 0.717) is 18.1 Å². The van der Waals surface area contributed by atoms with Gasteiger partial charge in [0.15, 0.2) is 5.11 Å². The molecule has 3 heterocycles. The summed E-state index contributed by atoms with van der Waals surface area (Å²) in [4.78, 5) is 4.21. The monoisotopic (exact) mass is 371 g/mol. The lowest BCUT2D eigenvalue weighted by atomic mass is 9.97. The summed E-state index contributed by atoms with van der Waals surface area (Å²) >= 11 is 7.42. The lowest BCUT2D eigenvalue weighted by Gasteiger charge is -2.39. The molecule has 0 aliphatic carbocycles. The molecule has 4 rings (SSSR count). The molecule has 0 spiro atoms. The van der Waals surface area contributed by atoms with E-state index < -0.39 is 0 Å². The van der Waals surface area contributed by atoms with Crippen molar-refractivity contribution in [3.63, 3.8) is 0 Å². The Balaban J connectivity index is 1.32. The largest absolute Gasteiger partial charge is 0.360 e. The predicted octanol–water partition coefficient (Wildman–Crippen LogP) is 4.54. The lowest BCUT2D eigenvalue weighted by Crippen LogP contribution is -2.50. The van der Waals surface area contributed by atoms with Crippen LogP contribution in [0, 0.1) is 6.92 Å². The highest BCUT2D eigenvalue weighted by Crippen LogP contribution is 2.37. The topological polar surface area (TPSA) is 27.3 Å². The van der Waals surface area contributed by atoms with E-state index in [1.54, 1.807) is 0 Å². The fourth-order valence-electron chi connectivity index (χ4n) is 4.31. The number of anilines is 1. The van der Waals surface area contributed by atoms with E-state index >= 15 is 0 Å². The molecule has 2 N–H and O–H groups in total. The van der Waals surface area contributed by atoms with E-state index in [9.17, 15) is 0 Å². The third kappa shape index (κ3) is 4.05. The second kappa shape index (κ2) is 7.44. The van der Waals surface area contributed by atoms with Gasteiger partial charge >= 0.3 is 0 Å². The Morgan fingerprint density at radius 1 is 1.20 bits per heavy atom. The number of hydrogen-bond donors (Lipinski definition) is 2. The number of fused-ring (bicyclic) bond motifs is 2. The Hall–Kier alpha value is -1.43. The molecule has 0 radical (unpaired) electrons. The summed E-state index contributed by atoms with van der Waals surface area (Å²) in [7, 11) is 0. The molecule has 1 aromatic heterocycles. The third-order valence-electron chi connectivity index (χ3n) is 5.41. The fraction of sp³-hybridized carbons (Fsp3) is 0.450. The summed E-state index contributed by atoms with van der Waals surface area (Å²) in [5.41, 5.74) is 2.31. The average Bonchev–Trinajstić information content (AvgIpc) is 3.15. The first kappa shape index (κ1) is 17.0. The summed E-state index contributed by atoms with van der Waals surface area (Å²) in [6.07, 6.45) is 5.04. The Bertz CT molecular complexity index is 714. The number of nitrogens with zero attached hydrogens (tertiary/aromatic N) is 1. The molecule has 0 saturated carbocycles. The maximum Gasteiger partial charge on any atom is 0.170 e. The van der Waals surface area contributed by atoms with Gasteiger partial charge in [-0.05, 0) is 74.0 Å². The van der Waals surface area contributed by atoms with Gasteiger partial charge < -0.3 is 10.6 Å². The summed E-state index contributed by atoms with van der Waals surface area (Å²) in [6.45, 7) is 3.22. The molecular weight excluding hydrogens is 346 g/mol. The first-order chi connectivity index (χ1) is 12.2. The minimum Gasteiger partial charge on any atom is -0.360 e. The van der Waals surface area contributed by atoms with Gasteiger partial charge in [0.05, 0.1) is 0 Å². The van der Waals surface area contributed by atoms with E-state index in [-0.39, 0.29) is 0 Å². The molecule has 2 atom stereocenters. The van der Waals surface area contributed by atoms with Gasteiger partial charge in [-0.1, -0.05) is 18.2 Å². The Kier molecular flexibility index (Phi) is 5.06. The van der Waals surface area contributed by atoms with Crippen LogP contribution in [0.3, 0.4) is 0 Å². The van der Waals surface area contributed by atoms with Crippen LogP contribution in [0.4, 0.5) is 5.69 Å². The zero-order valence-corrected chi connectivity index (χ0v) is 16.2. The van der Waals surface area contributed by atoms with Crippen molar-refractivity contribution in [2.45, 2.75) is 57.3 Å². The molecule has 2 unspecified atom stereocenters. The molecule has 25 heavy (non-hydrogen) atoms. The number of rotatable bonds is 4. The van der Waals surface area contributed by atoms with E-state index in [4.69, 9.17) is 12.2 Å². The normalized spacial score (nSPS) is 25.7. The van der Waals surface area contributed by atoms with Gasteiger partial charge in [0.1, 0.15) is 0 Å². The smallest absolute Gasteiger partial charge is 0.170 e. The van der Waals surface area contributed by atoms with Crippen molar-refractivity contribution in [1.82, 2.24) is 10.2 Å². The third-order valence-corrected chi connectivity index (χ3v) is 6.50. The van der Waals surface area contributed by atoms with Crippen molar-refractivity contribution in [3.05, 3.63) is 52.2 Å². The first-order valence-electron chi connectivity index (χ1n) is 9.10. The minimum absolute atomic E-state index is 0.488. The lowest BCUT2D eigenvalue weighted by molar-refractivity contribution is 0.116. The summed E-state index contributed by atoms with van der Waals surface area (Å²) in [5, 5.41) is 9.83. The standard InChI is InChI=1S/C20H25N3S2/c1-14-4-2-5-15(10-14)21-20(24)22-16-11-17-7-8-18(12-16)23(17)13-19-6-3-9-25-19/h2-6,9-10,16-18H,7-8,11-13H2,1H3,(H2,21,22,24). The number of nitrogens with one attached hydrogen (secondary N) is 2. The highest BCUT2D eigenvalue weighted by Gasteiger charge is 2.40. The van der Waals surface area contributed by atoms with Crippen LogP contribution in [0.2, 0.25) is 0 Å². The number of benzene rings is 1. The Morgan fingerprint density at radius 3 is 2.68 bits per heavy atom. The van der Waals surface area contributed by atoms with Crippen molar-refractivity contribution >= 4 is 34.4 Å². The molecule has 2 aromatic rings. The summed E-state index contributed by atoms with van der Waals surface area (Å²) in [5.74, 6) is 0. The summed E-state index contributed by atoms with van der Waals surface area (Å²) < 4.78 is 0. The minimum atomic E-state index is 0.488. The zero-order valence-electron chi connectivity index (χ0n) is 14.6. The van der Waals surface area contributed by atoms with Gasteiger partial charge in [-0.3, -0.25) is 4.90 Å². The molecular formula is C20H25N3S2. The van der Waals surface area contributed by atoms with Gasteiger partial charge in [-0.15, -0.1) is 11.3 Å². The molecule has 1 aromatic carbocycles. The van der Waals surface area contributed by atoms with Gasteiger partial charge in [0.2, 0.25) is 0 Å². The van der Waals surface area contributed by atoms with E-state index in [2.05, 4.69) is 64.2 Å². The number of thiocarbonyl (C=S) groups is 1. The van der Waals surface area contributed by atoms with Crippen LogP contribution in [0.25, 0.3) is 0 Å². The highest BCUT2D eigenvalue weighted by molar-refractivity contribution is 7.80. The molecule has 2 aliphatic heterocycles. The molecule has 0 amide bonds. The van der Waals surface area contributed by atoms with Crippen LogP contribution in [-0.4, -0.2) is 28.1 Å². The first-order valence-corrected chi connectivity index (χ1v) is 10.4. The van der Waals surface area contributed by atoms with Crippen molar-refractivity contribution in [2.24, 2.45) is 0 Å². The molecule has 2 fully saturated rings. The van der Waals surface area contributed by atoms with Crippen molar-refractivity contribution < 1.29 is 0 Å². The van der Waals surface area contributed by atoms with Gasteiger partial charge in [-0.2, -0.15) is 0 Å². The maximum absolute atomic E-state index is 5.55. The van der Waals surface area contributed by atoms with E-state index in [1.807, 2.05) is 11.3 Å². The van der Waals surface area contributed by atoms with Crippen LogP contribution in [0.1, 0.15) is 36.1 Å². The number of piperidine rings is 1.